The van der Waals surface area contributed by atoms with Gasteiger partial charge in [0.15, 0.2) is 0 Å². The minimum Gasteiger partial charge on any atom is -0.327 e. The Morgan fingerprint density at radius 3 is 2.61 bits per heavy atom. The van der Waals surface area contributed by atoms with E-state index < -0.39 is 0 Å². The van der Waals surface area contributed by atoms with Gasteiger partial charge >= 0.3 is 0 Å². The lowest BCUT2D eigenvalue weighted by Crippen LogP contribution is -2.05. The van der Waals surface area contributed by atoms with E-state index >= 15 is 0 Å². The number of aromatic nitrogens is 2. The van der Waals surface area contributed by atoms with Crippen LogP contribution < -0.4 is 0 Å². The average molecular weight is 282 g/mol. The Balaban J connectivity index is 2.65. The molecule has 0 bridgehead atoms. The van der Waals surface area contributed by atoms with Gasteiger partial charge in [-0.25, -0.2) is 4.98 Å². The van der Waals surface area contributed by atoms with Gasteiger partial charge in [0, 0.05) is 12.5 Å². The second-order valence-electron chi connectivity index (χ2n) is 4.44. The van der Waals surface area contributed by atoms with Gasteiger partial charge in [-0.3, -0.25) is 0 Å². The molecule has 0 spiro atoms. The van der Waals surface area contributed by atoms with Crippen LogP contribution in [0.15, 0.2) is 12.1 Å². The zero-order valence-corrected chi connectivity index (χ0v) is 11.8. The number of benzene rings is 1. The molecule has 0 aliphatic rings. The normalized spacial score (nSPS) is 11.1. The molecular weight excluding hydrogens is 269 g/mol. The molecular formula is C13H13Cl2N3. The molecule has 0 aliphatic heterocycles. The van der Waals surface area contributed by atoms with Crippen molar-refractivity contribution in [1.29, 1.82) is 5.26 Å². The van der Waals surface area contributed by atoms with E-state index in [0.29, 0.717) is 23.0 Å². The van der Waals surface area contributed by atoms with Crippen LogP contribution in [-0.2, 0) is 6.54 Å². The van der Waals surface area contributed by atoms with Crippen molar-refractivity contribution >= 4 is 34.2 Å². The lowest BCUT2D eigenvalue weighted by molar-refractivity contribution is 0.644. The first-order valence-corrected chi connectivity index (χ1v) is 6.52. The van der Waals surface area contributed by atoms with E-state index in [2.05, 4.69) is 24.9 Å². The van der Waals surface area contributed by atoms with Gasteiger partial charge in [-0.15, -0.1) is 0 Å². The fourth-order valence-corrected chi connectivity index (χ4v) is 2.29. The standard InChI is InChI=1S/C13H13Cl2N3/c1-8(2)13-17-11-6-9(14)10(15)7-12(11)18(13)5-3-4-16/h6-8H,3,5H2,1-2H3. The fraction of sp³-hybridized carbons (Fsp3) is 0.385. The second-order valence-corrected chi connectivity index (χ2v) is 5.25. The molecule has 3 nitrogen and oxygen atoms in total. The molecule has 0 radical (unpaired) electrons. The first-order valence-electron chi connectivity index (χ1n) is 5.76. The van der Waals surface area contributed by atoms with Crippen LogP contribution in [0.1, 0.15) is 32.0 Å². The molecule has 1 heterocycles. The van der Waals surface area contributed by atoms with Crippen molar-refractivity contribution < 1.29 is 0 Å². The van der Waals surface area contributed by atoms with Crippen molar-refractivity contribution in [2.45, 2.75) is 32.7 Å². The average Bonchev–Trinajstić information content (AvgIpc) is 2.65. The predicted octanol–water partition coefficient (Wildman–Crippen LogP) is 4.38. The highest BCUT2D eigenvalue weighted by Crippen LogP contribution is 2.30. The SMILES string of the molecule is CC(C)c1nc2cc(Cl)c(Cl)cc2n1CCC#N. The summed E-state index contributed by atoms with van der Waals surface area (Å²) in [7, 11) is 0. The summed E-state index contributed by atoms with van der Waals surface area (Å²) in [5, 5.41) is 9.75. The summed E-state index contributed by atoms with van der Waals surface area (Å²) >= 11 is 12.0. The highest BCUT2D eigenvalue weighted by atomic mass is 35.5. The van der Waals surface area contributed by atoms with E-state index in [1.165, 1.54) is 0 Å². The van der Waals surface area contributed by atoms with Crippen LogP contribution in [0.4, 0.5) is 0 Å². The molecule has 0 saturated carbocycles. The molecule has 5 heteroatoms. The molecule has 0 fully saturated rings. The fourth-order valence-electron chi connectivity index (χ4n) is 1.98. The number of hydrogen-bond donors (Lipinski definition) is 0. The third kappa shape index (κ3) is 2.31. The van der Waals surface area contributed by atoms with Crippen molar-refractivity contribution in [3.05, 3.63) is 28.0 Å². The second kappa shape index (κ2) is 5.17. The first kappa shape index (κ1) is 13.2. The number of imidazole rings is 1. The van der Waals surface area contributed by atoms with Crippen molar-refractivity contribution in [3.8, 4) is 6.07 Å². The van der Waals surface area contributed by atoms with Crippen LogP contribution in [0, 0.1) is 11.3 Å². The number of rotatable bonds is 3. The Morgan fingerprint density at radius 2 is 2.00 bits per heavy atom. The van der Waals surface area contributed by atoms with Gasteiger partial charge in [0.1, 0.15) is 5.82 Å². The minimum absolute atomic E-state index is 0.286. The number of aryl methyl sites for hydroxylation is 1. The molecule has 2 rings (SSSR count). The number of nitriles is 1. The quantitative estimate of drug-likeness (QED) is 0.838. The summed E-state index contributed by atoms with van der Waals surface area (Å²) in [6.07, 6.45) is 0.450. The van der Waals surface area contributed by atoms with Crippen molar-refractivity contribution in [1.82, 2.24) is 9.55 Å². The van der Waals surface area contributed by atoms with Crippen molar-refractivity contribution in [2.24, 2.45) is 0 Å². The highest BCUT2D eigenvalue weighted by molar-refractivity contribution is 6.42. The highest BCUT2D eigenvalue weighted by Gasteiger charge is 2.15. The van der Waals surface area contributed by atoms with Crippen LogP contribution in [0.3, 0.4) is 0 Å². The smallest absolute Gasteiger partial charge is 0.112 e. The topological polar surface area (TPSA) is 41.6 Å². The number of halogens is 2. The molecule has 0 amide bonds. The maximum atomic E-state index is 8.73. The van der Waals surface area contributed by atoms with Crippen molar-refractivity contribution in [3.63, 3.8) is 0 Å². The van der Waals surface area contributed by atoms with Crippen LogP contribution in [-0.4, -0.2) is 9.55 Å². The monoisotopic (exact) mass is 281 g/mol. The summed E-state index contributed by atoms with van der Waals surface area (Å²) in [5.74, 6) is 1.24. The maximum absolute atomic E-state index is 8.73. The molecule has 18 heavy (non-hydrogen) atoms. The summed E-state index contributed by atoms with van der Waals surface area (Å²) in [6, 6.07) is 5.74. The third-order valence-corrected chi connectivity index (χ3v) is 3.51. The Bertz CT molecular complexity index is 623. The van der Waals surface area contributed by atoms with Crippen LogP contribution in [0.5, 0.6) is 0 Å². The third-order valence-electron chi connectivity index (χ3n) is 2.78. The van der Waals surface area contributed by atoms with E-state index in [-0.39, 0.29) is 5.92 Å². The molecule has 2 aromatic rings. The first-order chi connectivity index (χ1) is 8.54. The van der Waals surface area contributed by atoms with Gasteiger partial charge in [0.25, 0.3) is 0 Å². The Kier molecular flexibility index (Phi) is 3.79. The van der Waals surface area contributed by atoms with E-state index in [0.717, 1.165) is 16.9 Å². The molecule has 1 aromatic heterocycles. The van der Waals surface area contributed by atoms with Gasteiger partial charge < -0.3 is 4.57 Å². The van der Waals surface area contributed by atoms with E-state index in [1.807, 2.05) is 10.6 Å². The van der Waals surface area contributed by atoms with E-state index in [1.54, 1.807) is 6.07 Å². The largest absolute Gasteiger partial charge is 0.327 e. The van der Waals surface area contributed by atoms with Crippen LogP contribution in [0.25, 0.3) is 11.0 Å². The lowest BCUT2D eigenvalue weighted by Gasteiger charge is -2.09. The Morgan fingerprint density at radius 1 is 1.33 bits per heavy atom. The molecule has 0 atom stereocenters. The maximum Gasteiger partial charge on any atom is 0.112 e. The lowest BCUT2D eigenvalue weighted by atomic mass is 10.2. The molecule has 94 valence electrons. The molecule has 0 unspecified atom stereocenters. The van der Waals surface area contributed by atoms with Crippen molar-refractivity contribution in [2.75, 3.05) is 0 Å². The van der Waals surface area contributed by atoms with Gasteiger partial charge in [-0.2, -0.15) is 5.26 Å². The zero-order chi connectivity index (χ0) is 13.3. The van der Waals surface area contributed by atoms with Crippen LogP contribution in [0.2, 0.25) is 10.0 Å². The summed E-state index contributed by atoms with van der Waals surface area (Å²) in [5.41, 5.74) is 1.76. The zero-order valence-electron chi connectivity index (χ0n) is 10.2. The predicted molar refractivity (Wildman–Crippen MR) is 74.1 cm³/mol. The summed E-state index contributed by atoms with van der Waals surface area (Å²) in [4.78, 5) is 4.58. The van der Waals surface area contributed by atoms with Crippen LogP contribution >= 0.6 is 23.2 Å². The Labute approximate surface area is 116 Å². The molecule has 0 aliphatic carbocycles. The molecule has 1 aromatic carbocycles. The number of hydrogen-bond acceptors (Lipinski definition) is 2. The molecule has 0 N–H and O–H groups in total. The summed E-state index contributed by atoms with van der Waals surface area (Å²) in [6.45, 7) is 4.78. The van der Waals surface area contributed by atoms with Gasteiger partial charge in [0.05, 0.1) is 33.6 Å². The van der Waals surface area contributed by atoms with Gasteiger partial charge in [-0.1, -0.05) is 37.0 Å². The van der Waals surface area contributed by atoms with Gasteiger partial charge in [-0.05, 0) is 12.1 Å². The van der Waals surface area contributed by atoms with Gasteiger partial charge in [0.2, 0.25) is 0 Å². The molecule has 0 saturated heterocycles. The number of nitrogens with zero attached hydrogens (tertiary/aromatic N) is 3. The van der Waals surface area contributed by atoms with E-state index in [4.69, 9.17) is 28.5 Å². The summed E-state index contributed by atoms with van der Waals surface area (Å²) < 4.78 is 2.05. The minimum atomic E-state index is 0.286. The van der Waals surface area contributed by atoms with E-state index in [9.17, 15) is 0 Å². The number of fused-ring (bicyclic) bond motifs is 1. The Hall–Kier alpha value is -1.24.